The summed E-state index contributed by atoms with van der Waals surface area (Å²) in [5.74, 6) is -0.657. The number of carbonyl (C=O) groups excluding carboxylic acids is 2. The number of hydrogen-bond acceptors (Lipinski definition) is 3. The fourth-order valence-electron chi connectivity index (χ4n) is 1.92. The minimum atomic E-state index is -0.741. The Morgan fingerprint density at radius 3 is 2.23 bits per heavy atom. The van der Waals surface area contributed by atoms with Gasteiger partial charge < -0.3 is 10.6 Å². The van der Waals surface area contributed by atoms with Gasteiger partial charge in [-0.3, -0.25) is 9.59 Å². The van der Waals surface area contributed by atoms with Crippen LogP contribution in [-0.4, -0.2) is 16.8 Å². The van der Waals surface area contributed by atoms with Crippen molar-refractivity contribution in [1.29, 1.82) is 0 Å². The molecule has 22 heavy (non-hydrogen) atoms. The van der Waals surface area contributed by atoms with E-state index in [0.29, 0.717) is 17.4 Å². The van der Waals surface area contributed by atoms with Gasteiger partial charge in [0.05, 0.1) is 0 Å². The minimum absolute atomic E-state index is 0.387. The standard InChI is InChI=1S/C17H19N3O2/c1-11(2)13-6-8-14(9-7-13)19-16(21)17(22)20-15-12(3)5-4-10-18-15/h4-11H,1-3H3,(H,19,21)(H,18,20,22). The van der Waals surface area contributed by atoms with E-state index >= 15 is 0 Å². The number of aryl methyl sites for hydroxylation is 1. The van der Waals surface area contributed by atoms with Gasteiger partial charge in [-0.1, -0.05) is 32.0 Å². The van der Waals surface area contributed by atoms with Crippen LogP contribution < -0.4 is 10.6 Å². The van der Waals surface area contributed by atoms with E-state index in [1.54, 1.807) is 24.4 Å². The molecule has 1 aromatic carbocycles. The molecule has 0 radical (unpaired) electrons. The highest BCUT2D eigenvalue weighted by atomic mass is 16.2. The smallest absolute Gasteiger partial charge is 0.315 e. The molecule has 0 spiro atoms. The number of carbonyl (C=O) groups is 2. The number of nitrogens with zero attached hydrogens (tertiary/aromatic N) is 1. The van der Waals surface area contributed by atoms with Crippen LogP contribution in [-0.2, 0) is 9.59 Å². The average molecular weight is 297 g/mol. The van der Waals surface area contributed by atoms with Crippen molar-refractivity contribution in [3.8, 4) is 0 Å². The van der Waals surface area contributed by atoms with Crippen LogP contribution >= 0.6 is 0 Å². The van der Waals surface area contributed by atoms with Gasteiger partial charge >= 0.3 is 11.8 Å². The summed E-state index contributed by atoms with van der Waals surface area (Å²) in [4.78, 5) is 27.8. The molecule has 0 aliphatic heterocycles. The van der Waals surface area contributed by atoms with Crippen molar-refractivity contribution in [3.63, 3.8) is 0 Å². The van der Waals surface area contributed by atoms with Crippen molar-refractivity contribution < 1.29 is 9.59 Å². The zero-order valence-electron chi connectivity index (χ0n) is 12.9. The second-order valence-corrected chi connectivity index (χ2v) is 5.35. The highest BCUT2D eigenvalue weighted by Gasteiger charge is 2.15. The van der Waals surface area contributed by atoms with Crippen LogP contribution in [0.5, 0.6) is 0 Å². The molecule has 0 fully saturated rings. The Kier molecular flexibility index (Phi) is 4.88. The second kappa shape index (κ2) is 6.85. The predicted molar refractivity (Wildman–Crippen MR) is 86.8 cm³/mol. The van der Waals surface area contributed by atoms with Crippen LogP contribution in [0.2, 0.25) is 0 Å². The Balaban J connectivity index is 1.99. The fraction of sp³-hybridized carbons (Fsp3) is 0.235. The zero-order valence-corrected chi connectivity index (χ0v) is 12.9. The van der Waals surface area contributed by atoms with E-state index in [1.807, 2.05) is 25.1 Å². The maximum Gasteiger partial charge on any atom is 0.315 e. The third-order valence-corrected chi connectivity index (χ3v) is 3.28. The van der Waals surface area contributed by atoms with Crippen molar-refractivity contribution in [3.05, 3.63) is 53.7 Å². The van der Waals surface area contributed by atoms with Gasteiger partial charge in [0, 0.05) is 11.9 Å². The fourth-order valence-corrected chi connectivity index (χ4v) is 1.92. The minimum Gasteiger partial charge on any atom is -0.318 e. The van der Waals surface area contributed by atoms with Gasteiger partial charge in [0.2, 0.25) is 0 Å². The first kappa shape index (κ1) is 15.7. The molecule has 0 unspecified atom stereocenters. The van der Waals surface area contributed by atoms with Gasteiger partial charge in [-0.05, 0) is 42.2 Å². The lowest BCUT2D eigenvalue weighted by Crippen LogP contribution is -2.29. The summed E-state index contributed by atoms with van der Waals surface area (Å²) in [5, 5.41) is 5.07. The quantitative estimate of drug-likeness (QED) is 0.855. The molecule has 2 N–H and O–H groups in total. The topological polar surface area (TPSA) is 71.1 Å². The second-order valence-electron chi connectivity index (χ2n) is 5.35. The van der Waals surface area contributed by atoms with Crippen LogP contribution in [0.1, 0.15) is 30.9 Å². The first-order valence-electron chi connectivity index (χ1n) is 7.11. The third kappa shape index (κ3) is 3.91. The highest BCUT2D eigenvalue weighted by molar-refractivity contribution is 6.43. The van der Waals surface area contributed by atoms with Crippen LogP contribution in [0.25, 0.3) is 0 Å². The molecule has 2 amide bonds. The third-order valence-electron chi connectivity index (χ3n) is 3.28. The van der Waals surface area contributed by atoms with E-state index in [4.69, 9.17) is 0 Å². The van der Waals surface area contributed by atoms with Gasteiger partial charge in [-0.2, -0.15) is 0 Å². The van der Waals surface area contributed by atoms with Crippen molar-refractivity contribution in [2.24, 2.45) is 0 Å². The summed E-state index contributed by atoms with van der Waals surface area (Å²) in [7, 11) is 0. The Bertz CT molecular complexity index is 679. The summed E-state index contributed by atoms with van der Waals surface area (Å²) in [6.45, 7) is 6.00. The Labute approximate surface area is 129 Å². The lowest BCUT2D eigenvalue weighted by atomic mass is 10.0. The molecule has 1 heterocycles. The van der Waals surface area contributed by atoms with E-state index in [-0.39, 0.29) is 0 Å². The molecule has 0 aliphatic carbocycles. The lowest BCUT2D eigenvalue weighted by Gasteiger charge is -2.09. The summed E-state index contributed by atoms with van der Waals surface area (Å²) in [6, 6.07) is 11.0. The van der Waals surface area contributed by atoms with Crippen molar-refractivity contribution in [2.75, 3.05) is 10.6 Å². The summed E-state index contributed by atoms with van der Waals surface area (Å²) in [5.41, 5.74) is 2.55. The Hall–Kier alpha value is -2.69. The lowest BCUT2D eigenvalue weighted by molar-refractivity contribution is -0.133. The number of anilines is 2. The van der Waals surface area contributed by atoms with Crippen LogP contribution in [0.3, 0.4) is 0 Å². The zero-order chi connectivity index (χ0) is 16.1. The number of benzene rings is 1. The van der Waals surface area contributed by atoms with Crippen molar-refractivity contribution in [2.45, 2.75) is 26.7 Å². The molecule has 2 rings (SSSR count). The van der Waals surface area contributed by atoms with E-state index in [1.165, 1.54) is 5.56 Å². The molecule has 5 heteroatoms. The van der Waals surface area contributed by atoms with Crippen molar-refractivity contribution >= 4 is 23.3 Å². The maximum absolute atomic E-state index is 11.9. The van der Waals surface area contributed by atoms with E-state index in [9.17, 15) is 9.59 Å². The van der Waals surface area contributed by atoms with E-state index in [2.05, 4.69) is 29.5 Å². The van der Waals surface area contributed by atoms with E-state index < -0.39 is 11.8 Å². The monoisotopic (exact) mass is 297 g/mol. The Morgan fingerprint density at radius 2 is 1.64 bits per heavy atom. The highest BCUT2D eigenvalue weighted by Crippen LogP contribution is 2.17. The predicted octanol–water partition coefficient (Wildman–Crippen LogP) is 3.09. The normalized spacial score (nSPS) is 10.4. The molecule has 1 aromatic heterocycles. The molecule has 0 bridgehead atoms. The van der Waals surface area contributed by atoms with Gasteiger partial charge in [-0.25, -0.2) is 4.98 Å². The number of pyridine rings is 1. The largest absolute Gasteiger partial charge is 0.318 e. The number of hydrogen-bond donors (Lipinski definition) is 2. The molecule has 0 saturated heterocycles. The average Bonchev–Trinajstić information content (AvgIpc) is 2.50. The van der Waals surface area contributed by atoms with Crippen LogP contribution in [0, 0.1) is 6.92 Å². The van der Waals surface area contributed by atoms with Gasteiger partial charge in [0.1, 0.15) is 5.82 Å². The summed E-state index contributed by atoms with van der Waals surface area (Å²) in [6.07, 6.45) is 1.56. The first-order chi connectivity index (χ1) is 10.5. The number of aromatic nitrogens is 1. The van der Waals surface area contributed by atoms with Gasteiger partial charge in [0.15, 0.2) is 0 Å². The molecule has 0 atom stereocenters. The molecule has 0 aliphatic rings. The van der Waals surface area contributed by atoms with Crippen molar-refractivity contribution in [1.82, 2.24) is 4.98 Å². The summed E-state index contributed by atoms with van der Waals surface area (Å²) >= 11 is 0. The Morgan fingerprint density at radius 1 is 1.00 bits per heavy atom. The molecule has 5 nitrogen and oxygen atoms in total. The van der Waals surface area contributed by atoms with Gasteiger partial charge in [-0.15, -0.1) is 0 Å². The molecular weight excluding hydrogens is 278 g/mol. The molecular formula is C17H19N3O2. The maximum atomic E-state index is 11.9. The number of nitrogens with one attached hydrogen (secondary N) is 2. The van der Waals surface area contributed by atoms with Gasteiger partial charge in [0.25, 0.3) is 0 Å². The van der Waals surface area contributed by atoms with Crippen LogP contribution in [0.4, 0.5) is 11.5 Å². The number of rotatable bonds is 3. The van der Waals surface area contributed by atoms with E-state index in [0.717, 1.165) is 5.56 Å². The van der Waals surface area contributed by atoms with Crippen LogP contribution in [0.15, 0.2) is 42.6 Å². The molecule has 2 aromatic rings. The molecule has 0 saturated carbocycles. The number of amides is 2. The SMILES string of the molecule is Cc1cccnc1NC(=O)C(=O)Nc1ccc(C(C)C)cc1. The summed E-state index contributed by atoms with van der Waals surface area (Å²) < 4.78 is 0. The molecule has 114 valence electrons. The first-order valence-corrected chi connectivity index (χ1v) is 7.11.